The zero-order chi connectivity index (χ0) is 20.2. The summed E-state index contributed by atoms with van der Waals surface area (Å²) < 4.78 is 10.9. The predicted octanol–water partition coefficient (Wildman–Crippen LogP) is 2.66. The molecule has 156 valence electrons. The number of methoxy groups -OCH3 is 1. The van der Waals surface area contributed by atoms with Crippen molar-refractivity contribution < 1.29 is 19.2 Å². The number of hydrogen-bond acceptors (Lipinski definition) is 6. The normalized spacial score (nSPS) is 21.3. The third-order valence-corrected chi connectivity index (χ3v) is 6.00. The molecule has 2 saturated heterocycles. The summed E-state index contributed by atoms with van der Waals surface area (Å²) in [5.41, 5.74) is 2.04. The Morgan fingerprint density at radius 2 is 2.03 bits per heavy atom. The van der Waals surface area contributed by atoms with Crippen molar-refractivity contribution in [1.29, 1.82) is 0 Å². The first kappa shape index (κ1) is 19.9. The van der Waals surface area contributed by atoms with Crippen molar-refractivity contribution in [2.45, 2.75) is 44.2 Å². The zero-order valence-corrected chi connectivity index (χ0v) is 16.9. The molecule has 0 radical (unpaired) electrons. The molecule has 7 heteroatoms. The van der Waals surface area contributed by atoms with E-state index in [1.807, 2.05) is 24.3 Å². The van der Waals surface area contributed by atoms with E-state index in [1.54, 1.807) is 12.0 Å². The lowest BCUT2D eigenvalue weighted by Gasteiger charge is -2.32. The summed E-state index contributed by atoms with van der Waals surface area (Å²) in [6, 6.07) is 9.92. The van der Waals surface area contributed by atoms with E-state index in [9.17, 15) is 9.90 Å². The number of para-hydroxylation sites is 1. The molecular weight excluding hydrogens is 370 g/mol. The minimum absolute atomic E-state index is 0.127. The van der Waals surface area contributed by atoms with Crippen LogP contribution in [0.1, 0.15) is 53.4 Å². The van der Waals surface area contributed by atoms with Gasteiger partial charge in [-0.2, -0.15) is 0 Å². The van der Waals surface area contributed by atoms with Gasteiger partial charge < -0.3 is 19.3 Å². The molecule has 4 rings (SSSR count). The van der Waals surface area contributed by atoms with Crippen molar-refractivity contribution in [3.05, 3.63) is 47.3 Å². The topological polar surface area (TPSA) is 79.0 Å². The van der Waals surface area contributed by atoms with Gasteiger partial charge in [-0.05, 0) is 38.3 Å². The van der Waals surface area contributed by atoms with Gasteiger partial charge in [-0.3, -0.25) is 9.69 Å². The fraction of sp³-hybridized carbons (Fsp3) is 0.545. The second kappa shape index (κ2) is 8.97. The number of amides is 1. The Balaban J connectivity index is 1.39. The van der Waals surface area contributed by atoms with Gasteiger partial charge in [0.1, 0.15) is 5.75 Å². The molecule has 0 bridgehead atoms. The second-order valence-electron chi connectivity index (χ2n) is 8.03. The summed E-state index contributed by atoms with van der Waals surface area (Å²) in [6.45, 7) is 3.88. The van der Waals surface area contributed by atoms with E-state index >= 15 is 0 Å². The van der Waals surface area contributed by atoms with Gasteiger partial charge >= 0.3 is 0 Å². The van der Waals surface area contributed by atoms with Crippen LogP contribution in [-0.2, 0) is 6.54 Å². The van der Waals surface area contributed by atoms with Gasteiger partial charge in [0.2, 0.25) is 5.76 Å². The highest BCUT2D eigenvalue weighted by Gasteiger charge is 2.28. The zero-order valence-electron chi connectivity index (χ0n) is 16.9. The van der Waals surface area contributed by atoms with Crippen molar-refractivity contribution in [3.8, 4) is 5.75 Å². The molecule has 1 aromatic heterocycles. The summed E-state index contributed by atoms with van der Waals surface area (Å²) in [5, 5.41) is 13.9. The number of ether oxygens (including phenoxy) is 1. The molecule has 29 heavy (non-hydrogen) atoms. The molecule has 0 unspecified atom stereocenters. The Kier molecular flexibility index (Phi) is 6.16. The van der Waals surface area contributed by atoms with Crippen LogP contribution in [0.15, 0.2) is 34.9 Å². The number of benzene rings is 1. The number of carbonyl (C=O) groups is 1. The maximum atomic E-state index is 12.7. The van der Waals surface area contributed by atoms with E-state index < -0.39 is 0 Å². The van der Waals surface area contributed by atoms with E-state index in [-0.39, 0.29) is 17.9 Å². The molecule has 0 spiro atoms. The molecule has 0 saturated carbocycles. The largest absolute Gasteiger partial charge is 0.496 e. The fourth-order valence-electron chi connectivity index (χ4n) is 4.32. The lowest BCUT2D eigenvalue weighted by atomic mass is 9.94. The summed E-state index contributed by atoms with van der Waals surface area (Å²) in [6.07, 6.45) is 3.06. The van der Waals surface area contributed by atoms with Gasteiger partial charge in [-0.1, -0.05) is 23.4 Å². The molecule has 0 aliphatic carbocycles. The molecule has 1 atom stereocenters. The van der Waals surface area contributed by atoms with Gasteiger partial charge in [0, 0.05) is 43.7 Å². The number of aliphatic hydroxyl groups is 1. The predicted molar refractivity (Wildman–Crippen MR) is 108 cm³/mol. The summed E-state index contributed by atoms with van der Waals surface area (Å²) in [5.74, 6) is 1.35. The standard InChI is InChI=1S/C22H29N3O4/c1-28-20-7-3-2-5-17(20)15-24-10-4-6-16(14-24)19-13-21(29-23-19)22(27)25-11-8-18(26)9-12-25/h2-3,5,7,13,16,18,26H,4,6,8-12,14-15H2,1H3/t16-/m1/s1. The Morgan fingerprint density at radius 3 is 2.83 bits per heavy atom. The highest BCUT2D eigenvalue weighted by atomic mass is 16.5. The number of aliphatic hydroxyl groups excluding tert-OH is 1. The third-order valence-electron chi connectivity index (χ3n) is 6.00. The van der Waals surface area contributed by atoms with E-state index in [4.69, 9.17) is 9.26 Å². The molecule has 7 nitrogen and oxygen atoms in total. The smallest absolute Gasteiger partial charge is 0.292 e. The summed E-state index contributed by atoms with van der Waals surface area (Å²) >= 11 is 0. The van der Waals surface area contributed by atoms with Gasteiger partial charge in [0.25, 0.3) is 5.91 Å². The van der Waals surface area contributed by atoms with Crippen LogP contribution in [0.3, 0.4) is 0 Å². The second-order valence-corrected chi connectivity index (χ2v) is 8.03. The van der Waals surface area contributed by atoms with Crippen LogP contribution in [0.2, 0.25) is 0 Å². The molecule has 2 aromatic rings. The number of carbonyl (C=O) groups excluding carboxylic acids is 1. The SMILES string of the molecule is COc1ccccc1CN1CCC[C@@H](c2cc(C(=O)N3CCC(O)CC3)on2)C1. The Hall–Kier alpha value is -2.38. The van der Waals surface area contributed by atoms with Crippen molar-refractivity contribution in [1.82, 2.24) is 15.0 Å². The lowest BCUT2D eigenvalue weighted by molar-refractivity contribution is 0.0512. The van der Waals surface area contributed by atoms with Crippen molar-refractivity contribution in [2.24, 2.45) is 0 Å². The number of nitrogens with zero attached hydrogens (tertiary/aromatic N) is 3. The van der Waals surface area contributed by atoms with Crippen LogP contribution in [-0.4, -0.2) is 65.4 Å². The Bertz CT molecular complexity index is 829. The summed E-state index contributed by atoms with van der Waals surface area (Å²) in [4.78, 5) is 16.8. The van der Waals surface area contributed by atoms with Gasteiger partial charge in [-0.25, -0.2) is 0 Å². The molecular formula is C22H29N3O4. The minimum Gasteiger partial charge on any atom is -0.496 e. The van der Waals surface area contributed by atoms with Gasteiger partial charge in [-0.15, -0.1) is 0 Å². The van der Waals surface area contributed by atoms with E-state index in [1.165, 1.54) is 5.56 Å². The highest BCUT2D eigenvalue weighted by molar-refractivity contribution is 5.91. The molecule has 2 fully saturated rings. The lowest BCUT2D eigenvalue weighted by Crippen LogP contribution is -2.39. The first-order valence-corrected chi connectivity index (χ1v) is 10.4. The number of rotatable bonds is 5. The summed E-state index contributed by atoms with van der Waals surface area (Å²) in [7, 11) is 1.70. The minimum atomic E-state index is -0.305. The first-order valence-electron chi connectivity index (χ1n) is 10.4. The van der Waals surface area contributed by atoms with Crippen LogP contribution in [0.4, 0.5) is 0 Å². The molecule has 1 N–H and O–H groups in total. The van der Waals surface area contributed by atoms with Crippen molar-refractivity contribution in [3.63, 3.8) is 0 Å². The monoisotopic (exact) mass is 399 g/mol. The fourth-order valence-corrected chi connectivity index (χ4v) is 4.32. The average molecular weight is 399 g/mol. The third kappa shape index (κ3) is 4.62. The average Bonchev–Trinajstić information content (AvgIpc) is 3.25. The van der Waals surface area contributed by atoms with Crippen molar-refractivity contribution in [2.75, 3.05) is 33.3 Å². The Morgan fingerprint density at radius 1 is 1.24 bits per heavy atom. The number of hydrogen-bond donors (Lipinski definition) is 1. The van der Waals surface area contributed by atoms with Crippen LogP contribution < -0.4 is 4.74 Å². The maximum Gasteiger partial charge on any atom is 0.292 e. The molecule has 3 heterocycles. The molecule has 1 aromatic carbocycles. The van der Waals surface area contributed by atoms with E-state index in [2.05, 4.69) is 16.1 Å². The number of aromatic nitrogens is 1. The molecule has 2 aliphatic heterocycles. The Labute approximate surface area is 171 Å². The molecule has 1 amide bonds. The van der Waals surface area contributed by atoms with Crippen LogP contribution in [0, 0.1) is 0 Å². The van der Waals surface area contributed by atoms with Crippen LogP contribution >= 0.6 is 0 Å². The highest BCUT2D eigenvalue weighted by Crippen LogP contribution is 2.29. The number of piperidine rings is 2. The van der Waals surface area contributed by atoms with Crippen molar-refractivity contribution >= 4 is 5.91 Å². The number of likely N-dealkylation sites (tertiary alicyclic amines) is 2. The molecule has 2 aliphatic rings. The quantitative estimate of drug-likeness (QED) is 0.833. The van der Waals surface area contributed by atoms with E-state index in [0.717, 1.165) is 43.9 Å². The van der Waals surface area contributed by atoms with E-state index in [0.29, 0.717) is 31.7 Å². The first-order chi connectivity index (χ1) is 14.1. The maximum absolute atomic E-state index is 12.7. The van der Waals surface area contributed by atoms with Gasteiger partial charge in [0.15, 0.2) is 0 Å². The van der Waals surface area contributed by atoms with Gasteiger partial charge in [0.05, 0.1) is 18.9 Å². The van der Waals surface area contributed by atoms with Crippen LogP contribution in [0.25, 0.3) is 0 Å². The van der Waals surface area contributed by atoms with Crippen LogP contribution in [0.5, 0.6) is 5.75 Å².